The van der Waals surface area contributed by atoms with Crippen LogP contribution in [0.4, 0.5) is 11.4 Å². The van der Waals surface area contributed by atoms with Gasteiger partial charge in [-0.15, -0.1) is 11.3 Å². The molecule has 166 valence electrons. The number of carbonyl (C=O) groups excluding carboxylic acids is 2. The summed E-state index contributed by atoms with van der Waals surface area (Å²) in [5.74, 6) is -0.824. The molecule has 2 aromatic carbocycles. The van der Waals surface area contributed by atoms with Gasteiger partial charge in [0.2, 0.25) is 0 Å². The molecule has 1 N–H and O–H groups in total. The second kappa shape index (κ2) is 10.4. The molecule has 3 aromatic rings. The normalized spacial score (nSPS) is 10.5. The molecule has 1 amide bonds. The largest absolute Gasteiger partial charge is 0.486 e. The molecule has 0 radical (unpaired) electrons. The third-order valence-corrected chi connectivity index (χ3v) is 5.66. The van der Waals surface area contributed by atoms with Crippen molar-refractivity contribution in [2.45, 2.75) is 13.5 Å². The summed E-state index contributed by atoms with van der Waals surface area (Å²) in [5.41, 5.74) is 0.240. The van der Waals surface area contributed by atoms with E-state index in [4.69, 9.17) is 32.7 Å². The third-order valence-electron chi connectivity index (χ3n) is 3.97. The maximum absolute atomic E-state index is 12.4. The molecule has 0 saturated heterocycles. The van der Waals surface area contributed by atoms with Crippen molar-refractivity contribution in [1.82, 2.24) is 4.98 Å². The molecular weight excluding hydrogens is 481 g/mol. The summed E-state index contributed by atoms with van der Waals surface area (Å²) in [7, 11) is 0. The highest BCUT2D eigenvalue weighted by Crippen LogP contribution is 2.27. The number of hydrogen-bond donors (Lipinski definition) is 1. The average Bonchev–Trinajstić information content (AvgIpc) is 3.13. The van der Waals surface area contributed by atoms with Gasteiger partial charge in [0.25, 0.3) is 11.6 Å². The molecular formula is C20H15Cl2N3O6S. The molecule has 0 fully saturated rings. The lowest BCUT2D eigenvalue weighted by Gasteiger charge is -2.07. The Bertz CT molecular complexity index is 1170. The zero-order valence-electron chi connectivity index (χ0n) is 16.5. The summed E-state index contributed by atoms with van der Waals surface area (Å²) >= 11 is 12.9. The summed E-state index contributed by atoms with van der Waals surface area (Å²) in [6.45, 7) is 1.18. The van der Waals surface area contributed by atoms with Gasteiger partial charge in [0, 0.05) is 17.2 Å². The van der Waals surface area contributed by atoms with E-state index in [1.54, 1.807) is 31.2 Å². The molecule has 0 spiro atoms. The zero-order valence-corrected chi connectivity index (χ0v) is 18.8. The number of hydrogen-bond acceptors (Lipinski definition) is 8. The Morgan fingerprint density at radius 3 is 2.59 bits per heavy atom. The van der Waals surface area contributed by atoms with Gasteiger partial charge in [0.15, 0.2) is 6.61 Å². The van der Waals surface area contributed by atoms with Crippen LogP contribution < -0.4 is 10.1 Å². The molecule has 9 nitrogen and oxygen atoms in total. The topological polar surface area (TPSA) is 121 Å². The summed E-state index contributed by atoms with van der Waals surface area (Å²) in [4.78, 5) is 39.2. The van der Waals surface area contributed by atoms with Crippen LogP contribution in [-0.4, -0.2) is 28.4 Å². The Morgan fingerprint density at radius 1 is 1.19 bits per heavy atom. The molecule has 0 aliphatic carbocycles. The van der Waals surface area contributed by atoms with E-state index in [1.165, 1.54) is 12.1 Å². The molecule has 0 unspecified atom stereocenters. The smallest absolute Gasteiger partial charge is 0.350 e. The van der Waals surface area contributed by atoms with Crippen LogP contribution in [-0.2, 0) is 16.1 Å². The molecule has 1 heterocycles. The average molecular weight is 496 g/mol. The monoisotopic (exact) mass is 495 g/mol. The summed E-state index contributed by atoms with van der Waals surface area (Å²) < 4.78 is 10.6. The lowest BCUT2D eigenvalue weighted by molar-refractivity contribution is -0.384. The van der Waals surface area contributed by atoms with Gasteiger partial charge in [-0.25, -0.2) is 9.78 Å². The molecule has 1 aromatic heterocycles. The van der Waals surface area contributed by atoms with Crippen LogP contribution in [0.2, 0.25) is 10.0 Å². The Labute approximate surface area is 196 Å². The first-order valence-corrected chi connectivity index (χ1v) is 10.6. The number of ether oxygens (including phenoxy) is 2. The molecule has 32 heavy (non-hydrogen) atoms. The fourth-order valence-electron chi connectivity index (χ4n) is 2.48. The summed E-state index contributed by atoms with van der Waals surface area (Å²) in [5, 5.41) is 14.5. The highest BCUT2D eigenvalue weighted by atomic mass is 35.5. The Hall–Kier alpha value is -3.21. The number of non-ortho nitro benzene ring substituents is 1. The number of carbonyl (C=O) groups is 2. The number of anilines is 1. The number of thiazole rings is 1. The maximum atomic E-state index is 12.4. The van der Waals surface area contributed by atoms with Crippen LogP contribution in [0.3, 0.4) is 0 Å². The minimum absolute atomic E-state index is 0.0394. The van der Waals surface area contributed by atoms with Crippen molar-refractivity contribution in [3.8, 4) is 5.75 Å². The Balaban J connectivity index is 1.55. The van der Waals surface area contributed by atoms with Gasteiger partial charge >= 0.3 is 5.97 Å². The van der Waals surface area contributed by atoms with Crippen LogP contribution in [0.25, 0.3) is 0 Å². The van der Waals surface area contributed by atoms with E-state index in [9.17, 15) is 19.7 Å². The van der Waals surface area contributed by atoms with Crippen LogP contribution in [0.15, 0.2) is 42.5 Å². The number of nitrogens with one attached hydrogen (secondary N) is 1. The second-order valence-electron chi connectivity index (χ2n) is 6.31. The molecule has 0 aliphatic heterocycles. The molecule has 0 saturated carbocycles. The van der Waals surface area contributed by atoms with E-state index in [2.05, 4.69) is 10.3 Å². The van der Waals surface area contributed by atoms with Crippen molar-refractivity contribution in [3.63, 3.8) is 0 Å². The zero-order chi connectivity index (χ0) is 23.3. The van der Waals surface area contributed by atoms with Crippen molar-refractivity contribution in [3.05, 3.63) is 78.2 Å². The van der Waals surface area contributed by atoms with Crippen molar-refractivity contribution in [1.29, 1.82) is 0 Å². The van der Waals surface area contributed by atoms with Gasteiger partial charge in [-0.2, -0.15) is 0 Å². The lowest BCUT2D eigenvalue weighted by Crippen LogP contribution is -2.21. The summed E-state index contributed by atoms with van der Waals surface area (Å²) in [6.07, 6.45) is 0. The van der Waals surface area contributed by atoms with Gasteiger partial charge in [0.05, 0.1) is 21.3 Å². The maximum Gasteiger partial charge on any atom is 0.350 e. The SMILES string of the molecule is Cc1nc(COc2ccc(Cl)cc2)sc1C(=O)OCC(=O)Nc1cc([N+](=O)[O-])ccc1Cl. The first-order chi connectivity index (χ1) is 15.2. The first-order valence-electron chi connectivity index (χ1n) is 8.98. The van der Waals surface area contributed by atoms with Crippen LogP contribution in [0.1, 0.15) is 20.4 Å². The molecule has 0 atom stereocenters. The highest BCUT2D eigenvalue weighted by molar-refractivity contribution is 7.13. The lowest BCUT2D eigenvalue weighted by atomic mass is 10.3. The van der Waals surface area contributed by atoms with Crippen LogP contribution in [0, 0.1) is 17.0 Å². The van der Waals surface area contributed by atoms with E-state index >= 15 is 0 Å². The third kappa shape index (κ3) is 6.16. The number of amides is 1. The second-order valence-corrected chi connectivity index (χ2v) is 8.24. The van der Waals surface area contributed by atoms with Gasteiger partial charge in [-0.1, -0.05) is 23.2 Å². The minimum Gasteiger partial charge on any atom is -0.486 e. The predicted molar refractivity (Wildman–Crippen MR) is 120 cm³/mol. The number of esters is 1. The number of halogens is 2. The fraction of sp³-hybridized carbons (Fsp3) is 0.150. The number of aryl methyl sites for hydroxylation is 1. The van der Waals surface area contributed by atoms with Gasteiger partial charge in [-0.05, 0) is 37.3 Å². The quantitative estimate of drug-likeness (QED) is 0.263. The van der Waals surface area contributed by atoms with Gasteiger partial charge in [0.1, 0.15) is 22.2 Å². The number of nitrogens with zero attached hydrogens (tertiary/aromatic N) is 2. The Kier molecular flexibility index (Phi) is 7.62. The Morgan fingerprint density at radius 2 is 1.91 bits per heavy atom. The van der Waals surface area contributed by atoms with Crippen molar-refractivity contribution >= 4 is 57.8 Å². The summed E-state index contributed by atoms with van der Waals surface area (Å²) in [6, 6.07) is 10.4. The van der Waals surface area contributed by atoms with E-state index in [0.29, 0.717) is 21.5 Å². The van der Waals surface area contributed by atoms with E-state index in [1.807, 2.05) is 0 Å². The van der Waals surface area contributed by atoms with Crippen LogP contribution >= 0.6 is 34.5 Å². The van der Waals surface area contributed by atoms with Crippen molar-refractivity contribution < 1.29 is 24.0 Å². The molecule has 0 bridgehead atoms. The van der Waals surface area contributed by atoms with Crippen molar-refractivity contribution in [2.75, 3.05) is 11.9 Å². The number of nitro groups is 1. The minimum atomic E-state index is -0.724. The standard InChI is InChI=1S/C20H15Cl2N3O6S/c1-11-19(32-18(23-11)10-30-14-5-2-12(21)3-6-14)20(27)31-9-17(26)24-16-8-13(25(28)29)4-7-15(16)22/h2-8H,9-10H2,1H3,(H,24,26). The van der Waals surface area contributed by atoms with Gasteiger partial charge < -0.3 is 14.8 Å². The van der Waals surface area contributed by atoms with E-state index in [0.717, 1.165) is 17.4 Å². The number of nitro benzene ring substituents is 1. The number of benzene rings is 2. The van der Waals surface area contributed by atoms with Crippen LogP contribution in [0.5, 0.6) is 5.75 Å². The fourth-order valence-corrected chi connectivity index (χ4v) is 3.65. The van der Waals surface area contributed by atoms with E-state index < -0.39 is 23.4 Å². The number of rotatable bonds is 8. The molecule has 0 aliphatic rings. The highest BCUT2D eigenvalue weighted by Gasteiger charge is 2.19. The molecule has 12 heteroatoms. The van der Waals surface area contributed by atoms with Crippen molar-refractivity contribution in [2.24, 2.45) is 0 Å². The predicted octanol–water partition coefficient (Wildman–Crippen LogP) is 5.04. The van der Waals surface area contributed by atoms with E-state index in [-0.39, 0.29) is 27.9 Å². The molecule has 3 rings (SSSR count). The number of aromatic nitrogens is 1. The van der Waals surface area contributed by atoms with Gasteiger partial charge in [-0.3, -0.25) is 14.9 Å². The first kappa shape index (κ1) is 23.5.